The van der Waals surface area contributed by atoms with Gasteiger partial charge < -0.3 is 15.2 Å². The number of amides is 1. The van der Waals surface area contributed by atoms with Crippen molar-refractivity contribution >= 4 is 17.8 Å². The summed E-state index contributed by atoms with van der Waals surface area (Å²) in [6.45, 7) is 1.96. The first-order valence-electron chi connectivity index (χ1n) is 6.74. The Kier molecular flexibility index (Phi) is 6.94. The van der Waals surface area contributed by atoms with Crippen LogP contribution in [0.2, 0.25) is 0 Å². The van der Waals surface area contributed by atoms with Gasteiger partial charge in [-0.05, 0) is 12.5 Å². The second-order valence-corrected chi connectivity index (χ2v) is 4.43. The van der Waals surface area contributed by atoms with Gasteiger partial charge in [0.05, 0.1) is 25.5 Å². The molecule has 0 fully saturated rings. The molecule has 2 N–H and O–H groups in total. The molecule has 0 bridgehead atoms. The molecule has 0 spiro atoms. The number of hydrogen-bond donors (Lipinski definition) is 2. The Morgan fingerprint density at radius 2 is 1.86 bits per heavy atom. The van der Waals surface area contributed by atoms with E-state index in [2.05, 4.69) is 5.32 Å². The number of ether oxygens (including phenoxy) is 1. The Morgan fingerprint density at radius 1 is 1.19 bits per heavy atom. The summed E-state index contributed by atoms with van der Waals surface area (Å²) < 4.78 is 4.73. The zero-order valence-corrected chi connectivity index (χ0v) is 11.9. The molecule has 0 saturated heterocycles. The van der Waals surface area contributed by atoms with E-state index in [-0.39, 0.29) is 31.8 Å². The van der Waals surface area contributed by atoms with Gasteiger partial charge in [-0.15, -0.1) is 0 Å². The summed E-state index contributed by atoms with van der Waals surface area (Å²) in [5.74, 6) is -1.82. The van der Waals surface area contributed by atoms with Crippen LogP contribution < -0.4 is 5.32 Å². The minimum absolute atomic E-state index is 0.0196. The number of benzene rings is 1. The first kappa shape index (κ1) is 16.7. The van der Waals surface area contributed by atoms with Gasteiger partial charge in [-0.1, -0.05) is 30.3 Å². The number of esters is 1. The van der Waals surface area contributed by atoms with E-state index in [1.807, 2.05) is 6.07 Å². The summed E-state index contributed by atoms with van der Waals surface area (Å²) in [4.78, 5) is 33.9. The Balaban J connectivity index is 2.58. The van der Waals surface area contributed by atoms with Crippen LogP contribution in [0.1, 0.15) is 37.8 Å². The molecule has 1 aromatic carbocycles. The van der Waals surface area contributed by atoms with Crippen LogP contribution in [-0.2, 0) is 19.1 Å². The highest BCUT2D eigenvalue weighted by Gasteiger charge is 2.18. The van der Waals surface area contributed by atoms with Crippen LogP contribution in [0.4, 0.5) is 0 Å². The molecule has 0 saturated carbocycles. The number of hydrogen-bond acceptors (Lipinski definition) is 4. The van der Waals surface area contributed by atoms with Crippen LogP contribution in [0.5, 0.6) is 0 Å². The highest BCUT2D eigenvalue weighted by molar-refractivity contribution is 5.82. The third kappa shape index (κ3) is 6.56. The van der Waals surface area contributed by atoms with Crippen LogP contribution in [0.15, 0.2) is 30.3 Å². The normalized spacial score (nSPS) is 11.5. The molecular weight excluding hydrogens is 274 g/mol. The van der Waals surface area contributed by atoms with Gasteiger partial charge in [-0.3, -0.25) is 14.4 Å². The van der Waals surface area contributed by atoms with E-state index in [0.29, 0.717) is 5.56 Å². The zero-order valence-electron chi connectivity index (χ0n) is 11.9. The minimum Gasteiger partial charge on any atom is -0.481 e. The van der Waals surface area contributed by atoms with Crippen LogP contribution in [0.3, 0.4) is 0 Å². The molecule has 1 aromatic rings. The first-order chi connectivity index (χ1) is 10.0. The highest BCUT2D eigenvalue weighted by atomic mass is 16.5. The van der Waals surface area contributed by atoms with E-state index < -0.39 is 18.0 Å². The molecule has 6 nitrogen and oxygen atoms in total. The summed E-state index contributed by atoms with van der Waals surface area (Å²) >= 11 is 0. The van der Waals surface area contributed by atoms with Gasteiger partial charge in [0.15, 0.2) is 0 Å². The lowest BCUT2D eigenvalue weighted by molar-refractivity contribution is -0.144. The van der Waals surface area contributed by atoms with Gasteiger partial charge in [0.25, 0.3) is 0 Å². The van der Waals surface area contributed by atoms with Crippen LogP contribution in [-0.4, -0.2) is 29.6 Å². The van der Waals surface area contributed by atoms with Crippen LogP contribution in [0.25, 0.3) is 0 Å². The van der Waals surface area contributed by atoms with Gasteiger partial charge in [0.1, 0.15) is 0 Å². The van der Waals surface area contributed by atoms with Crippen molar-refractivity contribution in [3.8, 4) is 0 Å². The molecule has 0 heterocycles. The highest BCUT2D eigenvalue weighted by Crippen LogP contribution is 2.16. The quantitative estimate of drug-likeness (QED) is 0.711. The summed E-state index contributed by atoms with van der Waals surface area (Å²) in [6.07, 6.45) is -0.259. The third-order valence-corrected chi connectivity index (χ3v) is 2.78. The molecule has 114 valence electrons. The maximum Gasteiger partial charge on any atom is 0.306 e. The number of rotatable bonds is 8. The molecule has 21 heavy (non-hydrogen) atoms. The predicted molar refractivity (Wildman–Crippen MR) is 75.4 cm³/mol. The second kappa shape index (κ2) is 8.73. The Bertz CT molecular complexity index is 486. The molecule has 6 heteroatoms. The van der Waals surface area contributed by atoms with Crippen molar-refractivity contribution in [1.29, 1.82) is 0 Å². The largest absolute Gasteiger partial charge is 0.481 e. The fraction of sp³-hybridized carbons (Fsp3) is 0.400. The molecule has 1 amide bonds. The lowest BCUT2D eigenvalue weighted by atomic mass is 10.0. The van der Waals surface area contributed by atoms with Crippen molar-refractivity contribution in [1.82, 2.24) is 5.32 Å². The molecule has 1 atom stereocenters. The third-order valence-electron chi connectivity index (χ3n) is 2.78. The predicted octanol–water partition coefficient (Wildman–Crippen LogP) is 1.66. The van der Waals surface area contributed by atoms with Crippen LogP contribution in [0, 0.1) is 0 Å². The van der Waals surface area contributed by atoms with Gasteiger partial charge in [0.2, 0.25) is 5.91 Å². The number of carbonyl (C=O) groups is 3. The maximum atomic E-state index is 11.8. The Hall–Kier alpha value is -2.37. The van der Waals surface area contributed by atoms with Gasteiger partial charge in [-0.25, -0.2) is 0 Å². The van der Waals surface area contributed by atoms with Gasteiger partial charge in [0, 0.05) is 6.42 Å². The number of carbonyl (C=O) groups excluding carboxylic acids is 2. The van der Waals surface area contributed by atoms with E-state index in [4.69, 9.17) is 9.84 Å². The van der Waals surface area contributed by atoms with Gasteiger partial charge >= 0.3 is 11.9 Å². The summed E-state index contributed by atoms with van der Waals surface area (Å²) in [5.41, 5.74) is 0.712. The fourth-order valence-corrected chi connectivity index (χ4v) is 1.83. The SMILES string of the molecule is CCOC(=O)CCC(=O)NC(CC(=O)O)c1ccccc1. The lowest BCUT2D eigenvalue weighted by Crippen LogP contribution is -2.30. The first-order valence-corrected chi connectivity index (χ1v) is 6.74. The number of aliphatic carboxylic acids is 1. The molecule has 1 unspecified atom stereocenters. The summed E-state index contributed by atoms with van der Waals surface area (Å²) in [5, 5.41) is 11.6. The van der Waals surface area contributed by atoms with E-state index >= 15 is 0 Å². The number of carboxylic acid groups (broad SMARTS) is 1. The molecule has 0 radical (unpaired) electrons. The molecule has 0 aliphatic heterocycles. The van der Waals surface area contributed by atoms with Crippen molar-refractivity contribution in [2.24, 2.45) is 0 Å². The molecule has 0 aromatic heterocycles. The topological polar surface area (TPSA) is 92.7 Å². The molecule has 1 rings (SSSR count). The van der Waals surface area contributed by atoms with Gasteiger partial charge in [-0.2, -0.15) is 0 Å². The van der Waals surface area contributed by atoms with E-state index in [1.54, 1.807) is 31.2 Å². The smallest absolute Gasteiger partial charge is 0.306 e. The summed E-state index contributed by atoms with van der Waals surface area (Å²) in [6, 6.07) is 8.24. The van der Waals surface area contributed by atoms with Crippen molar-refractivity contribution < 1.29 is 24.2 Å². The number of nitrogens with one attached hydrogen (secondary N) is 1. The summed E-state index contributed by atoms with van der Waals surface area (Å²) in [7, 11) is 0. The fourth-order valence-electron chi connectivity index (χ4n) is 1.83. The lowest BCUT2D eigenvalue weighted by Gasteiger charge is -2.17. The minimum atomic E-state index is -1.01. The Morgan fingerprint density at radius 3 is 2.43 bits per heavy atom. The number of carboxylic acids is 1. The zero-order chi connectivity index (χ0) is 15.7. The standard InChI is InChI=1S/C15H19NO5/c1-2-21-15(20)9-8-13(17)16-12(10-14(18)19)11-6-4-3-5-7-11/h3-7,12H,2,8-10H2,1H3,(H,16,17)(H,18,19). The van der Waals surface area contributed by atoms with E-state index in [9.17, 15) is 14.4 Å². The van der Waals surface area contributed by atoms with Crippen molar-refractivity contribution in [3.05, 3.63) is 35.9 Å². The van der Waals surface area contributed by atoms with Crippen molar-refractivity contribution in [3.63, 3.8) is 0 Å². The van der Waals surface area contributed by atoms with Crippen molar-refractivity contribution in [2.75, 3.05) is 6.61 Å². The molecule has 0 aliphatic carbocycles. The van der Waals surface area contributed by atoms with E-state index in [1.165, 1.54) is 0 Å². The Labute approximate surface area is 123 Å². The monoisotopic (exact) mass is 293 g/mol. The van der Waals surface area contributed by atoms with Crippen molar-refractivity contribution in [2.45, 2.75) is 32.2 Å². The average molecular weight is 293 g/mol. The maximum absolute atomic E-state index is 11.8. The molecular formula is C15H19NO5. The average Bonchev–Trinajstić information content (AvgIpc) is 2.45. The second-order valence-electron chi connectivity index (χ2n) is 4.43. The molecule has 0 aliphatic rings. The van der Waals surface area contributed by atoms with Crippen LogP contribution >= 0.6 is 0 Å². The van der Waals surface area contributed by atoms with E-state index in [0.717, 1.165) is 0 Å².